The summed E-state index contributed by atoms with van der Waals surface area (Å²) in [6.45, 7) is 2.79. The first kappa shape index (κ1) is 13.0. The maximum absolute atomic E-state index is 10.6. The maximum Gasteiger partial charge on any atom is 0.355 e. The summed E-state index contributed by atoms with van der Waals surface area (Å²) in [5.74, 6) is -1.15. The highest BCUT2D eigenvalue weighted by Gasteiger charge is 2.37. The fraction of sp³-hybridized carbons (Fsp3) is 0.556. The molecule has 1 aromatic rings. The molecule has 0 bridgehead atoms. The second-order valence-corrected chi connectivity index (χ2v) is 4.65. The molecule has 3 atom stereocenters. The van der Waals surface area contributed by atoms with Crippen molar-refractivity contribution >= 4 is 17.3 Å². The molecular formula is C9H14N2O4S. The van der Waals surface area contributed by atoms with Gasteiger partial charge in [0.1, 0.15) is 10.6 Å². The molecule has 0 amide bonds. The summed E-state index contributed by atoms with van der Waals surface area (Å²) >= 11 is 1.04. The maximum atomic E-state index is 10.6. The van der Waals surface area contributed by atoms with Crippen LogP contribution in [0.4, 0.5) is 0 Å². The van der Waals surface area contributed by atoms with Crippen LogP contribution in [-0.2, 0) is 0 Å². The summed E-state index contributed by atoms with van der Waals surface area (Å²) < 4.78 is 0. The van der Waals surface area contributed by atoms with Gasteiger partial charge < -0.3 is 21.1 Å². The lowest BCUT2D eigenvalue weighted by Crippen LogP contribution is -2.47. The Hall–Kier alpha value is -1.02. The molecule has 1 aromatic heterocycles. The molecule has 0 fully saturated rings. The van der Waals surface area contributed by atoms with Crippen molar-refractivity contribution in [3.05, 3.63) is 16.1 Å². The van der Waals surface area contributed by atoms with Crippen molar-refractivity contribution < 1.29 is 20.1 Å². The number of carboxylic acids is 1. The lowest BCUT2D eigenvalue weighted by Gasteiger charge is -2.31. The standard InChI is InChI=1S/C9H14N2O4S/c1-4(12)9(2,15)6(10)7-11-5(3-16-7)8(13)14/h3-4,6,12,15H,10H2,1-2H3,(H,13,14)/t4-,6-,9-/m1/s1. The minimum absolute atomic E-state index is 0.114. The molecule has 0 aliphatic rings. The first-order chi connectivity index (χ1) is 7.26. The van der Waals surface area contributed by atoms with Crippen LogP contribution in [-0.4, -0.2) is 38.0 Å². The second-order valence-electron chi connectivity index (χ2n) is 3.76. The number of nitrogens with two attached hydrogens (primary N) is 1. The number of aromatic carboxylic acids is 1. The predicted molar refractivity (Wildman–Crippen MR) is 58.3 cm³/mol. The highest BCUT2D eigenvalue weighted by Crippen LogP contribution is 2.28. The molecule has 16 heavy (non-hydrogen) atoms. The van der Waals surface area contributed by atoms with Crippen LogP contribution in [0, 0.1) is 0 Å². The van der Waals surface area contributed by atoms with Gasteiger partial charge in [0.2, 0.25) is 0 Å². The van der Waals surface area contributed by atoms with Crippen molar-refractivity contribution in [1.29, 1.82) is 0 Å². The van der Waals surface area contributed by atoms with E-state index in [2.05, 4.69) is 4.98 Å². The number of hydrogen-bond acceptors (Lipinski definition) is 6. The molecule has 7 heteroatoms. The largest absolute Gasteiger partial charge is 0.476 e. The van der Waals surface area contributed by atoms with Crippen molar-refractivity contribution in [2.24, 2.45) is 5.73 Å². The van der Waals surface area contributed by atoms with Gasteiger partial charge in [-0.15, -0.1) is 11.3 Å². The Labute approximate surface area is 96.4 Å². The Bertz CT molecular complexity index is 389. The number of hydrogen-bond donors (Lipinski definition) is 4. The first-order valence-electron chi connectivity index (χ1n) is 4.61. The Kier molecular flexibility index (Phi) is 3.64. The van der Waals surface area contributed by atoms with Gasteiger partial charge in [0.05, 0.1) is 12.1 Å². The molecule has 0 saturated heterocycles. The fourth-order valence-corrected chi connectivity index (χ4v) is 1.96. The third-order valence-corrected chi connectivity index (χ3v) is 3.41. The second kappa shape index (κ2) is 4.46. The van der Waals surface area contributed by atoms with E-state index in [9.17, 15) is 15.0 Å². The van der Waals surface area contributed by atoms with E-state index in [1.165, 1.54) is 19.2 Å². The highest BCUT2D eigenvalue weighted by atomic mass is 32.1. The summed E-state index contributed by atoms with van der Waals surface area (Å²) in [6.07, 6.45) is -1.04. The number of carboxylic acid groups (broad SMARTS) is 1. The molecule has 1 heterocycles. The van der Waals surface area contributed by atoms with E-state index in [1.807, 2.05) is 0 Å². The first-order valence-corrected chi connectivity index (χ1v) is 5.49. The Morgan fingerprint density at radius 3 is 2.62 bits per heavy atom. The number of carbonyl (C=O) groups is 1. The monoisotopic (exact) mass is 246 g/mol. The Morgan fingerprint density at radius 1 is 1.69 bits per heavy atom. The van der Waals surface area contributed by atoms with E-state index in [1.54, 1.807) is 0 Å². The van der Waals surface area contributed by atoms with E-state index in [-0.39, 0.29) is 10.7 Å². The molecule has 0 spiro atoms. The summed E-state index contributed by atoms with van der Waals surface area (Å²) in [4.78, 5) is 14.4. The fourth-order valence-electron chi connectivity index (χ4n) is 1.04. The zero-order valence-electron chi connectivity index (χ0n) is 8.91. The topological polar surface area (TPSA) is 117 Å². The van der Waals surface area contributed by atoms with Gasteiger partial charge in [-0.2, -0.15) is 0 Å². The lowest BCUT2D eigenvalue weighted by molar-refractivity contribution is -0.0701. The van der Waals surface area contributed by atoms with Gasteiger partial charge in [0.25, 0.3) is 0 Å². The average molecular weight is 246 g/mol. The van der Waals surface area contributed by atoms with Gasteiger partial charge in [-0.3, -0.25) is 0 Å². The molecule has 6 nitrogen and oxygen atoms in total. The number of aliphatic hydroxyl groups is 2. The zero-order valence-corrected chi connectivity index (χ0v) is 9.73. The van der Waals surface area contributed by atoms with Gasteiger partial charge in [0.15, 0.2) is 5.69 Å². The Morgan fingerprint density at radius 2 is 2.25 bits per heavy atom. The van der Waals surface area contributed by atoms with Gasteiger partial charge in [-0.1, -0.05) is 0 Å². The van der Waals surface area contributed by atoms with E-state index in [0.29, 0.717) is 0 Å². The molecule has 90 valence electrons. The van der Waals surface area contributed by atoms with Crippen molar-refractivity contribution in [2.45, 2.75) is 31.6 Å². The van der Waals surface area contributed by atoms with Crippen molar-refractivity contribution in [3.63, 3.8) is 0 Å². The molecule has 0 radical (unpaired) electrons. The molecule has 0 saturated carbocycles. The van der Waals surface area contributed by atoms with Crippen LogP contribution in [0.1, 0.15) is 35.4 Å². The smallest absolute Gasteiger partial charge is 0.355 e. The Balaban J connectivity index is 2.96. The van der Waals surface area contributed by atoms with E-state index >= 15 is 0 Å². The lowest BCUT2D eigenvalue weighted by atomic mass is 9.92. The van der Waals surface area contributed by atoms with Crippen LogP contribution >= 0.6 is 11.3 Å². The molecule has 0 aliphatic heterocycles. The van der Waals surface area contributed by atoms with Crippen LogP contribution in [0.25, 0.3) is 0 Å². The number of rotatable bonds is 4. The SMILES string of the molecule is C[C@@H](O)[C@@](C)(O)[C@H](N)c1nc(C(=O)O)cs1. The van der Waals surface area contributed by atoms with Crippen LogP contribution in [0.3, 0.4) is 0 Å². The minimum Gasteiger partial charge on any atom is -0.476 e. The van der Waals surface area contributed by atoms with E-state index < -0.39 is 23.7 Å². The average Bonchev–Trinajstić information content (AvgIpc) is 2.64. The van der Waals surface area contributed by atoms with Crippen LogP contribution < -0.4 is 5.73 Å². The summed E-state index contributed by atoms with van der Waals surface area (Å²) in [5, 5.41) is 29.6. The third kappa shape index (κ3) is 2.38. The number of aromatic nitrogens is 1. The van der Waals surface area contributed by atoms with Crippen molar-refractivity contribution in [2.75, 3.05) is 0 Å². The quantitative estimate of drug-likeness (QED) is 0.593. The summed E-state index contributed by atoms with van der Waals surface area (Å²) in [5.41, 5.74) is 4.07. The molecule has 0 unspecified atom stereocenters. The van der Waals surface area contributed by atoms with Gasteiger partial charge in [-0.25, -0.2) is 9.78 Å². The van der Waals surface area contributed by atoms with Crippen molar-refractivity contribution in [1.82, 2.24) is 4.98 Å². The number of aliphatic hydroxyl groups excluding tert-OH is 1. The zero-order chi connectivity index (χ0) is 12.5. The van der Waals surface area contributed by atoms with Gasteiger partial charge in [0, 0.05) is 5.38 Å². The van der Waals surface area contributed by atoms with Gasteiger partial charge >= 0.3 is 5.97 Å². The highest BCUT2D eigenvalue weighted by molar-refractivity contribution is 7.09. The molecular weight excluding hydrogens is 232 g/mol. The number of thiazole rings is 1. The van der Waals surface area contributed by atoms with E-state index in [4.69, 9.17) is 10.8 Å². The minimum atomic E-state index is -1.55. The van der Waals surface area contributed by atoms with Crippen LogP contribution in [0.2, 0.25) is 0 Å². The van der Waals surface area contributed by atoms with E-state index in [0.717, 1.165) is 11.3 Å². The normalized spacial score (nSPS) is 18.8. The summed E-state index contributed by atoms with van der Waals surface area (Å²) in [7, 11) is 0. The van der Waals surface area contributed by atoms with Crippen LogP contribution in [0.15, 0.2) is 5.38 Å². The molecule has 5 N–H and O–H groups in total. The number of nitrogens with zero attached hydrogens (tertiary/aromatic N) is 1. The molecule has 0 aromatic carbocycles. The van der Waals surface area contributed by atoms with Gasteiger partial charge in [-0.05, 0) is 13.8 Å². The third-order valence-electron chi connectivity index (χ3n) is 2.48. The van der Waals surface area contributed by atoms with Crippen molar-refractivity contribution in [3.8, 4) is 0 Å². The molecule has 1 rings (SSSR count). The summed E-state index contributed by atoms with van der Waals surface area (Å²) in [6, 6.07) is -0.925. The van der Waals surface area contributed by atoms with Crippen LogP contribution in [0.5, 0.6) is 0 Å². The predicted octanol–water partition coefficient (Wildman–Crippen LogP) is -0.0271. The molecule has 0 aliphatic carbocycles.